The summed E-state index contributed by atoms with van der Waals surface area (Å²) in [4.78, 5) is 0. The summed E-state index contributed by atoms with van der Waals surface area (Å²) < 4.78 is 5.83. The number of unbranched alkanes of at least 4 members (excludes halogenated alkanes) is 7. The zero-order valence-electron chi connectivity index (χ0n) is 10.4. The Morgan fingerprint density at radius 2 is 1.47 bits per heavy atom. The minimum absolute atomic E-state index is 0.715. The van der Waals surface area contributed by atoms with Crippen LogP contribution in [0.25, 0.3) is 0 Å². The molecule has 0 rings (SSSR count). The number of rotatable bonds is 11. The molecule has 0 aliphatic rings. The Hall–Kier alpha value is 0.690. The molecule has 15 heavy (non-hydrogen) atoms. The van der Waals surface area contributed by atoms with Crippen LogP contribution in [0.5, 0.6) is 0 Å². The highest BCUT2D eigenvalue weighted by Gasteiger charge is 2.01. The Bertz CT molecular complexity index is 117. The maximum atomic E-state index is 5.12. The number of ether oxygens (including phenoxy) is 1. The van der Waals surface area contributed by atoms with Crippen molar-refractivity contribution in [3.63, 3.8) is 0 Å². The maximum absolute atomic E-state index is 5.12. The fourth-order valence-corrected chi connectivity index (χ4v) is 2.56. The third-order valence-electron chi connectivity index (χ3n) is 2.72. The highest BCUT2D eigenvalue weighted by atomic mass is 127. The molecule has 0 aliphatic carbocycles. The second-order valence-electron chi connectivity index (χ2n) is 4.32. The molecule has 92 valence electrons. The average molecular weight is 326 g/mol. The first-order valence-corrected chi connectivity index (χ1v) is 7.68. The molecule has 0 aliphatic heterocycles. The molecule has 0 heterocycles. The molecule has 0 aromatic heterocycles. The Morgan fingerprint density at radius 1 is 0.933 bits per heavy atom. The monoisotopic (exact) mass is 326 g/mol. The molecule has 0 bridgehead atoms. The van der Waals surface area contributed by atoms with Crippen LogP contribution in [0.3, 0.4) is 0 Å². The van der Waals surface area contributed by atoms with Crippen LogP contribution in [0.15, 0.2) is 0 Å². The molecule has 1 atom stereocenters. The summed E-state index contributed by atoms with van der Waals surface area (Å²) in [5.41, 5.74) is 0. The zero-order valence-corrected chi connectivity index (χ0v) is 12.6. The van der Waals surface area contributed by atoms with Crippen molar-refractivity contribution in [3.05, 3.63) is 0 Å². The standard InChI is InChI=1S/C13H27IO/c1-3-4-5-6-7-8-9-10-11-13(14)12-15-2/h13H,3-12H2,1-2H3. The van der Waals surface area contributed by atoms with E-state index in [1.165, 1.54) is 57.8 Å². The lowest BCUT2D eigenvalue weighted by atomic mass is 10.1. The summed E-state index contributed by atoms with van der Waals surface area (Å²) in [6, 6.07) is 0. The van der Waals surface area contributed by atoms with Crippen LogP contribution in [0.4, 0.5) is 0 Å². The number of halogens is 1. The van der Waals surface area contributed by atoms with Gasteiger partial charge in [0.05, 0.1) is 6.61 Å². The van der Waals surface area contributed by atoms with Gasteiger partial charge >= 0.3 is 0 Å². The third-order valence-corrected chi connectivity index (χ3v) is 3.70. The Kier molecular flexibility index (Phi) is 13.3. The lowest BCUT2D eigenvalue weighted by Gasteiger charge is -2.07. The van der Waals surface area contributed by atoms with Crippen molar-refractivity contribution in [3.8, 4) is 0 Å². The Morgan fingerprint density at radius 3 is 2.00 bits per heavy atom. The van der Waals surface area contributed by atoms with E-state index in [0.717, 1.165) is 6.61 Å². The van der Waals surface area contributed by atoms with Gasteiger partial charge in [0.1, 0.15) is 0 Å². The normalized spacial score (nSPS) is 13.0. The van der Waals surface area contributed by atoms with E-state index in [4.69, 9.17) is 4.74 Å². The molecule has 0 fully saturated rings. The van der Waals surface area contributed by atoms with Crippen molar-refractivity contribution in [2.45, 2.75) is 68.6 Å². The zero-order chi connectivity index (χ0) is 11.4. The van der Waals surface area contributed by atoms with Crippen molar-refractivity contribution < 1.29 is 4.74 Å². The molecule has 1 unspecified atom stereocenters. The first-order valence-electron chi connectivity index (χ1n) is 6.44. The quantitative estimate of drug-likeness (QED) is 0.296. The van der Waals surface area contributed by atoms with Crippen molar-refractivity contribution >= 4 is 22.6 Å². The van der Waals surface area contributed by atoms with Gasteiger partial charge in [0.15, 0.2) is 0 Å². The van der Waals surface area contributed by atoms with Gasteiger partial charge in [0.2, 0.25) is 0 Å². The van der Waals surface area contributed by atoms with Crippen LogP contribution in [-0.2, 0) is 4.74 Å². The van der Waals surface area contributed by atoms with Crippen LogP contribution < -0.4 is 0 Å². The molecule has 0 saturated heterocycles. The predicted octanol–water partition coefficient (Wildman–Crippen LogP) is 4.97. The predicted molar refractivity (Wildman–Crippen MR) is 76.9 cm³/mol. The van der Waals surface area contributed by atoms with Crippen molar-refractivity contribution in [1.29, 1.82) is 0 Å². The average Bonchev–Trinajstić information content (AvgIpc) is 2.22. The first kappa shape index (κ1) is 15.7. The van der Waals surface area contributed by atoms with Gasteiger partial charge < -0.3 is 4.74 Å². The van der Waals surface area contributed by atoms with Crippen molar-refractivity contribution in [2.75, 3.05) is 13.7 Å². The molecule has 0 aromatic rings. The molecule has 0 saturated carbocycles. The van der Waals surface area contributed by atoms with Gasteiger partial charge in [-0.3, -0.25) is 0 Å². The van der Waals surface area contributed by atoms with Gasteiger partial charge in [0, 0.05) is 11.0 Å². The largest absolute Gasteiger partial charge is 0.384 e. The van der Waals surface area contributed by atoms with Crippen LogP contribution in [-0.4, -0.2) is 17.6 Å². The first-order chi connectivity index (χ1) is 7.31. The second kappa shape index (κ2) is 12.8. The minimum Gasteiger partial charge on any atom is -0.384 e. The van der Waals surface area contributed by atoms with Crippen molar-refractivity contribution in [1.82, 2.24) is 0 Å². The molecular formula is C13H27IO. The van der Waals surface area contributed by atoms with E-state index in [-0.39, 0.29) is 0 Å². The maximum Gasteiger partial charge on any atom is 0.0580 e. The van der Waals surface area contributed by atoms with E-state index in [1.54, 1.807) is 7.11 Å². The summed E-state index contributed by atoms with van der Waals surface area (Å²) in [6.07, 6.45) is 12.6. The van der Waals surface area contributed by atoms with E-state index in [0.29, 0.717) is 3.92 Å². The van der Waals surface area contributed by atoms with E-state index >= 15 is 0 Å². The van der Waals surface area contributed by atoms with Gasteiger partial charge in [-0.15, -0.1) is 0 Å². The number of hydrogen-bond donors (Lipinski definition) is 0. The summed E-state index contributed by atoms with van der Waals surface area (Å²) in [7, 11) is 1.79. The highest BCUT2D eigenvalue weighted by molar-refractivity contribution is 14.1. The summed E-state index contributed by atoms with van der Waals surface area (Å²) in [5.74, 6) is 0. The Balaban J connectivity index is 2.98. The van der Waals surface area contributed by atoms with Gasteiger partial charge in [-0.05, 0) is 6.42 Å². The van der Waals surface area contributed by atoms with E-state index in [9.17, 15) is 0 Å². The molecule has 0 amide bonds. The summed E-state index contributed by atoms with van der Waals surface area (Å²) in [6.45, 7) is 3.19. The molecular weight excluding hydrogens is 299 g/mol. The van der Waals surface area contributed by atoms with E-state index < -0.39 is 0 Å². The van der Waals surface area contributed by atoms with Crippen LogP contribution in [0.1, 0.15) is 64.7 Å². The van der Waals surface area contributed by atoms with Crippen LogP contribution in [0.2, 0.25) is 0 Å². The van der Waals surface area contributed by atoms with Gasteiger partial charge in [-0.2, -0.15) is 0 Å². The third kappa shape index (κ3) is 12.6. The molecule has 0 radical (unpaired) electrons. The van der Waals surface area contributed by atoms with Gasteiger partial charge in [-0.25, -0.2) is 0 Å². The Labute approximate surface area is 109 Å². The molecule has 0 aromatic carbocycles. The van der Waals surface area contributed by atoms with Crippen LogP contribution >= 0.6 is 22.6 Å². The minimum atomic E-state index is 0.715. The van der Waals surface area contributed by atoms with Crippen molar-refractivity contribution in [2.24, 2.45) is 0 Å². The fraction of sp³-hybridized carbons (Fsp3) is 1.00. The highest BCUT2D eigenvalue weighted by Crippen LogP contribution is 2.14. The van der Waals surface area contributed by atoms with Gasteiger partial charge in [0.25, 0.3) is 0 Å². The molecule has 2 heteroatoms. The van der Waals surface area contributed by atoms with E-state index in [2.05, 4.69) is 29.5 Å². The molecule has 1 nitrogen and oxygen atoms in total. The summed E-state index contributed by atoms with van der Waals surface area (Å²) in [5, 5.41) is 0. The van der Waals surface area contributed by atoms with E-state index in [1.807, 2.05) is 0 Å². The molecule has 0 spiro atoms. The lowest BCUT2D eigenvalue weighted by Crippen LogP contribution is -2.05. The number of alkyl halides is 1. The fourth-order valence-electron chi connectivity index (χ4n) is 1.76. The van der Waals surface area contributed by atoms with Crippen LogP contribution in [0, 0.1) is 0 Å². The van der Waals surface area contributed by atoms with Gasteiger partial charge in [-0.1, -0.05) is 80.9 Å². The SMILES string of the molecule is CCCCCCCCCCC(I)COC. The number of methoxy groups -OCH3 is 1. The molecule has 0 N–H and O–H groups in total. The second-order valence-corrected chi connectivity index (χ2v) is 6.08. The smallest absolute Gasteiger partial charge is 0.0580 e. The summed E-state index contributed by atoms with van der Waals surface area (Å²) >= 11 is 2.50. The topological polar surface area (TPSA) is 9.23 Å². The number of hydrogen-bond acceptors (Lipinski definition) is 1. The lowest BCUT2D eigenvalue weighted by molar-refractivity contribution is 0.199.